The first-order valence-electron chi connectivity index (χ1n) is 6.97. The Bertz CT molecular complexity index is 628. The highest BCUT2D eigenvalue weighted by Gasteiger charge is 2.17. The summed E-state index contributed by atoms with van der Waals surface area (Å²) in [4.78, 5) is 0. The van der Waals surface area contributed by atoms with Crippen molar-refractivity contribution in [1.29, 1.82) is 0 Å². The van der Waals surface area contributed by atoms with Gasteiger partial charge in [-0.15, -0.1) is 0 Å². The molecule has 0 heterocycles. The standard InChI is InChI=1S/C17H18ClF2N/c1-3-8-21-17(12-4-7-16(20)15(18)10-12)14-6-5-13(19)9-11(14)2/h4-7,9-10,17,21H,3,8H2,1-2H3. The maximum absolute atomic E-state index is 13.3. The van der Waals surface area contributed by atoms with E-state index in [1.54, 1.807) is 18.2 Å². The quantitative estimate of drug-likeness (QED) is 0.818. The summed E-state index contributed by atoms with van der Waals surface area (Å²) in [6.45, 7) is 4.74. The van der Waals surface area contributed by atoms with Crippen LogP contribution in [0.3, 0.4) is 0 Å². The Morgan fingerprint density at radius 2 is 1.90 bits per heavy atom. The SMILES string of the molecule is CCCNC(c1ccc(F)c(Cl)c1)c1ccc(F)cc1C. The minimum absolute atomic E-state index is 0.0931. The topological polar surface area (TPSA) is 12.0 Å². The molecule has 0 aliphatic carbocycles. The molecule has 21 heavy (non-hydrogen) atoms. The number of benzene rings is 2. The second kappa shape index (κ2) is 7.01. The third-order valence-electron chi connectivity index (χ3n) is 3.42. The average Bonchev–Trinajstić information content (AvgIpc) is 2.44. The molecule has 1 unspecified atom stereocenters. The first-order chi connectivity index (χ1) is 10.0. The van der Waals surface area contributed by atoms with E-state index in [2.05, 4.69) is 12.2 Å². The van der Waals surface area contributed by atoms with E-state index >= 15 is 0 Å². The Hall–Kier alpha value is -1.45. The molecule has 1 nitrogen and oxygen atoms in total. The number of aryl methyl sites for hydroxylation is 1. The summed E-state index contributed by atoms with van der Waals surface area (Å²) < 4.78 is 26.6. The van der Waals surface area contributed by atoms with E-state index < -0.39 is 5.82 Å². The fraction of sp³-hybridized carbons (Fsp3) is 0.294. The van der Waals surface area contributed by atoms with Gasteiger partial charge in [-0.25, -0.2) is 8.78 Å². The number of hydrogen-bond acceptors (Lipinski definition) is 1. The van der Waals surface area contributed by atoms with Gasteiger partial charge in [0.25, 0.3) is 0 Å². The summed E-state index contributed by atoms with van der Waals surface area (Å²) >= 11 is 5.88. The van der Waals surface area contributed by atoms with Crippen molar-refractivity contribution in [2.45, 2.75) is 26.3 Å². The summed E-state index contributed by atoms with van der Waals surface area (Å²) in [5.41, 5.74) is 2.68. The van der Waals surface area contributed by atoms with Crippen molar-refractivity contribution in [3.8, 4) is 0 Å². The molecule has 0 fully saturated rings. The summed E-state index contributed by atoms with van der Waals surface area (Å²) in [5.74, 6) is -0.701. The van der Waals surface area contributed by atoms with Crippen LogP contribution in [0.15, 0.2) is 36.4 Å². The minimum Gasteiger partial charge on any atom is -0.306 e. The van der Waals surface area contributed by atoms with Crippen molar-refractivity contribution >= 4 is 11.6 Å². The van der Waals surface area contributed by atoms with Crippen LogP contribution in [0, 0.1) is 18.6 Å². The molecule has 0 spiro atoms. The van der Waals surface area contributed by atoms with E-state index in [9.17, 15) is 8.78 Å². The van der Waals surface area contributed by atoms with Crippen LogP contribution in [0.2, 0.25) is 5.02 Å². The van der Waals surface area contributed by atoms with Crippen molar-refractivity contribution < 1.29 is 8.78 Å². The normalized spacial score (nSPS) is 12.4. The molecule has 112 valence electrons. The van der Waals surface area contributed by atoms with Gasteiger partial charge >= 0.3 is 0 Å². The summed E-state index contributed by atoms with van der Waals surface area (Å²) in [5, 5.41) is 3.50. The fourth-order valence-electron chi connectivity index (χ4n) is 2.35. The van der Waals surface area contributed by atoms with Crippen LogP contribution in [-0.2, 0) is 0 Å². The molecule has 1 N–H and O–H groups in total. The van der Waals surface area contributed by atoms with Crippen molar-refractivity contribution in [3.05, 3.63) is 69.7 Å². The maximum atomic E-state index is 13.3. The van der Waals surface area contributed by atoms with Gasteiger partial charge in [0.1, 0.15) is 11.6 Å². The number of rotatable bonds is 5. The van der Waals surface area contributed by atoms with E-state index in [4.69, 9.17) is 11.6 Å². The number of hydrogen-bond donors (Lipinski definition) is 1. The van der Waals surface area contributed by atoms with Gasteiger partial charge in [0.05, 0.1) is 11.1 Å². The lowest BCUT2D eigenvalue weighted by Gasteiger charge is -2.22. The molecular weight excluding hydrogens is 292 g/mol. The Kier molecular flexibility index (Phi) is 5.32. The lowest BCUT2D eigenvalue weighted by atomic mass is 9.94. The number of halogens is 3. The van der Waals surface area contributed by atoms with Crippen LogP contribution >= 0.6 is 11.6 Å². The van der Waals surface area contributed by atoms with Gasteiger partial charge in [0.15, 0.2) is 0 Å². The van der Waals surface area contributed by atoms with Crippen LogP contribution in [0.25, 0.3) is 0 Å². The summed E-state index contributed by atoms with van der Waals surface area (Å²) in [7, 11) is 0. The van der Waals surface area contributed by atoms with E-state index in [0.29, 0.717) is 0 Å². The van der Waals surface area contributed by atoms with E-state index in [-0.39, 0.29) is 16.9 Å². The first-order valence-corrected chi connectivity index (χ1v) is 7.35. The molecule has 4 heteroatoms. The first kappa shape index (κ1) is 15.9. The third kappa shape index (κ3) is 3.80. The molecule has 0 radical (unpaired) electrons. The molecule has 2 rings (SSSR count). The Balaban J connectivity index is 2.44. The highest BCUT2D eigenvalue weighted by molar-refractivity contribution is 6.30. The molecule has 0 aliphatic heterocycles. The molecule has 0 aromatic heterocycles. The highest BCUT2D eigenvalue weighted by atomic mass is 35.5. The van der Waals surface area contributed by atoms with Crippen LogP contribution in [-0.4, -0.2) is 6.54 Å². The highest BCUT2D eigenvalue weighted by Crippen LogP contribution is 2.28. The average molecular weight is 310 g/mol. The second-order valence-electron chi connectivity index (χ2n) is 5.06. The Morgan fingerprint density at radius 3 is 2.52 bits per heavy atom. The van der Waals surface area contributed by atoms with E-state index in [1.165, 1.54) is 18.2 Å². The smallest absolute Gasteiger partial charge is 0.141 e. The zero-order valence-corrected chi connectivity index (χ0v) is 12.8. The van der Waals surface area contributed by atoms with Crippen LogP contribution in [0.1, 0.15) is 36.1 Å². The monoisotopic (exact) mass is 309 g/mol. The molecule has 0 bridgehead atoms. The zero-order chi connectivity index (χ0) is 15.4. The predicted molar refractivity (Wildman–Crippen MR) is 82.7 cm³/mol. The summed E-state index contributed by atoms with van der Waals surface area (Å²) in [6.07, 6.45) is 0.964. The Morgan fingerprint density at radius 1 is 1.14 bits per heavy atom. The summed E-state index contributed by atoms with van der Waals surface area (Å²) in [6, 6.07) is 9.25. The molecule has 2 aromatic rings. The van der Waals surface area contributed by atoms with Crippen molar-refractivity contribution in [3.63, 3.8) is 0 Å². The van der Waals surface area contributed by atoms with Gasteiger partial charge < -0.3 is 5.32 Å². The molecule has 0 saturated carbocycles. The van der Waals surface area contributed by atoms with Gasteiger partial charge in [0.2, 0.25) is 0 Å². The maximum Gasteiger partial charge on any atom is 0.141 e. The zero-order valence-electron chi connectivity index (χ0n) is 12.1. The molecule has 0 aliphatic rings. The third-order valence-corrected chi connectivity index (χ3v) is 3.71. The van der Waals surface area contributed by atoms with E-state index in [1.807, 2.05) is 6.92 Å². The van der Waals surface area contributed by atoms with E-state index in [0.717, 1.165) is 29.7 Å². The molecule has 0 saturated heterocycles. The van der Waals surface area contributed by atoms with Gasteiger partial charge in [-0.3, -0.25) is 0 Å². The van der Waals surface area contributed by atoms with Crippen LogP contribution in [0.4, 0.5) is 8.78 Å². The lowest BCUT2D eigenvalue weighted by molar-refractivity contribution is 0.586. The van der Waals surface area contributed by atoms with Gasteiger partial charge in [-0.1, -0.05) is 30.7 Å². The fourth-order valence-corrected chi connectivity index (χ4v) is 2.54. The molecule has 2 aromatic carbocycles. The Labute approximate surface area is 128 Å². The van der Waals surface area contributed by atoms with Gasteiger partial charge in [0, 0.05) is 0 Å². The van der Waals surface area contributed by atoms with Crippen molar-refractivity contribution in [2.75, 3.05) is 6.54 Å². The minimum atomic E-state index is -0.439. The molecule has 0 amide bonds. The lowest BCUT2D eigenvalue weighted by Crippen LogP contribution is -2.24. The second-order valence-corrected chi connectivity index (χ2v) is 5.47. The van der Waals surface area contributed by atoms with Crippen molar-refractivity contribution in [2.24, 2.45) is 0 Å². The molecule has 1 atom stereocenters. The number of nitrogens with one attached hydrogen (secondary N) is 1. The van der Waals surface area contributed by atoms with Crippen LogP contribution < -0.4 is 5.32 Å². The largest absolute Gasteiger partial charge is 0.306 e. The van der Waals surface area contributed by atoms with Crippen LogP contribution in [0.5, 0.6) is 0 Å². The van der Waals surface area contributed by atoms with Crippen molar-refractivity contribution in [1.82, 2.24) is 5.32 Å². The molecular formula is C17H18ClF2N. The van der Waals surface area contributed by atoms with Gasteiger partial charge in [-0.05, 0) is 60.8 Å². The van der Waals surface area contributed by atoms with Gasteiger partial charge in [-0.2, -0.15) is 0 Å². The predicted octanol–water partition coefficient (Wildman–Crippen LogP) is 5.02.